The standard InChI is InChI=1S/C18H26N2O3/c1-19-10-4-2-3-5-11-20(17(21)14-9-12-23-13-14)16-8-6-7-15(16)18(19)22/h9,12-13,15-16H,2-8,10-11H2,1H3. The minimum atomic E-state index is -0.0473. The lowest BCUT2D eigenvalue weighted by molar-refractivity contribution is -0.135. The molecule has 2 amide bonds. The maximum absolute atomic E-state index is 12.9. The van der Waals surface area contributed by atoms with Crippen molar-refractivity contribution in [3.05, 3.63) is 24.2 Å². The molecule has 1 saturated carbocycles. The largest absolute Gasteiger partial charge is 0.472 e. The van der Waals surface area contributed by atoms with Crippen LogP contribution in [0.1, 0.15) is 55.3 Å². The third-order valence-corrected chi connectivity index (χ3v) is 5.24. The Labute approximate surface area is 137 Å². The molecule has 0 N–H and O–H groups in total. The first-order valence-electron chi connectivity index (χ1n) is 8.76. The Morgan fingerprint density at radius 1 is 1.13 bits per heavy atom. The number of hydrogen-bond donors (Lipinski definition) is 0. The molecule has 0 aromatic carbocycles. The summed E-state index contributed by atoms with van der Waals surface area (Å²) in [4.78, 5) is 29.5. The Kier molecular flexibility index (Phi) is 5.03. The lowest BCUT2D eigenvalue weighted by Gasteiger charge is -2.33. The van der Waals surface area contributed by atoms with Crippen LogP contribution in [0.25, 0.3) is 0 Å². The molecule has 2 fully saturated rings. The van der Waals surface area contributed by atoms with Gasteiger partial charge in [0.2, 0.25) is 5.91 Å². The Bertz CT molecular complexity index is 540. The van der Waals surface area contributed by atoms with E-state index in [1.165, 1.54) is 12.5 Å². The van der Waals surface area contributed by atoms with Crippen molar-refractivity contribution >= 4 is 11.8 Å². The van der Waals surface area contributed by atoms with Crippen molar-refractivity contribution < 1.29 is 14.0 Å². The van der Waals surface area contributed by atoms with Crippen LogP contribution < -0.4 is 0 Å². The highest BCUT2D eigenvalue weighted by Gasteiger charge is 2.40. The molecule has 0 spiro atoms. The predicted molar refractivity (Wildman–Crippen MR) is 87.0 cm³/mol. The first-order valence-corrected chi connectivity index (χ1v) is 8.76. The molecule has 2 aliphatic rings. The van der Waals surface area contributed by atoms with Crippen LogP contribution in [0.3, 0.4) is 0 Å². The fourth-order valence-electron chi connectivity index (χ4n) is 3.95. The first kappa shape index (κ1) is 16.1. The van der Waals surface area contributed by atoms with Crippen molar-refractivity contribution in [1.29, 1.82) is 0 Å². The summed E-state index contributed by atoms with van der Waals surface area (Å²) >= 11 is 0. The van der Waals surface area contributed by atoms with Crippen LogP contribution in [0.5, 0.6) is 0 Å². The molecule has 1 saturated heterocycles. The van der Waals surface area contributed by atoms with Gasteiger partial charge in [-0.05, 0) is 31.7 Å². The van der Waals surface area contributed by atoms with Crippen LogP contribution in [-0.4, -0.2) is 47.8 Å². The fourth-order valence-corrected chi connectivity index (χ4v) is 3.95. The van der Waals surface area contributed by atoms with Gasteiger partial charge in [0, 0.05) is 26.2 Å². The number of carbonyl (C=O) groups is 2. The lowest BCUT2D eigenvalue weighted by atomic mass is 9.99. The van der Waals surface area contributed by atoms with Crippen molar-refractivity contribution in [2.45, 2.75) is 51.0 Å². The van der Waals surface area contributed by atoms with Gasteiger partial charge in [0.25, 0.3) is 5.91 Å². The zero-order valence-corrected chi connectivity index (χ0v) is 13.9. The summed E-state index contributed by atoms with van der Waals surface area (Å²) in [6.45, 7) is 1.57. The van der Waals surface area contributed by atoms with E-state index in [4.69, 9.17) is 4.42 Å². The summed E-state index contributed by atoms with van der Waals surface area (Å²) in [5, 5.41) is 0. The average Bonchev–Trinajstić information content (AvgIpc) is 3.23. The number of nitrogens with zero attached hydrogens (tertiary/aromatic N) is 2. The van der Waals surface area contributed by atoms with Gasteiger partial charge in [-0.1, -0.05) is 19.3 Å². The second kappa shape index (κ2) is 7.20. The van der Waals surface area contributed by atoms with E-state index in [2.05, 4.69) is 0 Å². The molecule has 3 rings (SSSR count). The molecule has 1 aromatic rings. The minimum absolute atomic E-state index is 0.00495. The second-order valence-electron chi connectivity index (χ2n) is 6.79. The zero-order chi connectivity index (χ0) is 16.2. The lowest BCUT2D eigenvalue weighted by Crippen LogP contribution is -2.47. The quantitative estimate of drug-likeness (QED) is 0.800. The van der Waals surface area contributed by atoms with Gasteiger partial charge in [-0.3, -0.25) is 9.59 Å². The third-order valence-electron chi connectivity index (χ3n) is 5.24. The first-order chi connectivity index (χ1) is 11.2. The van der Waals surface area contributed by atoms with Crippen LogP contribution in [0.2, 0.25) is 0 Å². The zero-order valence-electron chi connectivity index (χ0n) is 13.9. The fraction of sp³-hybridized carbons (Fsp3) is 0.667. The van der Waals surface area contributed by atoms with Gasteiger partial charge in [0.1, 0.15) is 6.26 Å². The van der Waals surface area contributed by atoms with Gasteiger partial charge in [0.05, 0.1) is 17.7 Å². The summed E-state index contributed by atoms with van der Waals surface area (Å²) in [6.07, 6.45) is 10.1. The van der Waals surface area contributed by atoms with Gasteiger partial charge in [-0.25, -0.2) is 0 Å². The normalized spacial score (nSPS) is 26.7. The van der Waals surface area contributed by atoms with Crippen molar-refractivity contribution in [3.63, 3.8) is 0 Å². The molecular formula is C18H26N2O3. The summed E-state index contributed by atoms with van der Waals surface area (Å²) in [5.41, 5.74) is 0.589. The van der Waals surface area contributed by atoms with E-state index in [1.54, 1.807) is 6.07 Å². The average molecular weight is 318 g/mol. The molecule has 126 valence electrons. The van der Waals surface area contributed by atoms with Crippen LogP contribution in [-0.2, 0) is 4.79 Å². The molecule has 2 unspecified atom stereocenters. The van der Waals surface area contributed by atoms with E-state index in [0.29, 0.717) is 5.56 Å². The van der Waals surface area contributed by atoms with E-state index < -0.39 is 0 Å². The summed E-state index contributed by atoms with van der Waals surface area (Å²) in [5.74, 6) is 0.165. The number of carbonyl (C=O) groups excluding carboxylic acids is 2. The predicted octanol–water partition coefficient (Wildman–Crippen LogP) is 2.92. The number of hydrogen-bond acceptors (Lipinski definition) is 3. The maximum atomic E-state index is 12.9. The van der Waals surface area contributed by atoms with Crippen molar-refractivity contribution in [3.8, 4) is 0 Å². The summed E-state index contributed by atoms with van der Waals surface area (Å²) in [6, 6.07) is 1.75. The number of amides is 2. The highest BCUT2D eigenvalue weighted by molar-refractivity contribution is 5.94. The monoisotopic (exact) mass is 318 g/mol. The van der Waals surface area contributed by atoms with E-state index in [-0.39, 0.29) is 23.8 Å². The molecular weight excluding hydrogens is 292 g/mol. The highest BCUT2D eigenvalue weighted by atomic mass is 16.3. The molecule has 2 heterocycles. The molecule has 2 atom stereocenters. The smallest absolute Gasteiger partial charge is 0.257 e. The molecule has 1 aliphatic carbocycles. The van der Waals surface area contributed by atoms with Gasteiger partial charge in [-0.2, -0.15) is 0 Å². The second-order valence-corrected chi connectivity index (χ2v) is 6.79. The Morgan fingerprint density at radius 3 is 2.65 bits per heavy atom. The minimum Gasteiger partial charge on any atom is -0.472 e. The third kappa shape index (κ3) is 3.43. The summed E-state index contributed by atoms with van der Waals surface area (Å²) in [7, 11) is 1.90. The molecule has 23 heavy (non-hydrogen) atoms. The molecule has 1 aromatic heterocycles. The number of rotatable bonds is 1. The maximum Gasteiger partial charge on any atom is 0.257 e. The topological polar surface area (TPSA) is 53.8 Å². The van der Waals surface area contributed by atoms with Gasteiger partial charge >= 0.3 is 0 Å². The van der Waals surface area contributed by atoms with Crippen LogP contribution in [0.15, 0.2) is 23.0 Å². The van der Waals surface area contributed by atoms with Crippen molar-refractivity contribution in [2.75, 3.05) is 20.1 Å². The van der Waals surface area contributed by atoms with Crippen LogP contribution >= 0.6 is 0 Å². The van der Waals surface area contributed by atoms with E-state index >= 15 is 0 Å². The Morgan fingerprint density at radius 2 is 1.91 bits per heavy atom. The molecule has 5 nitrogen and oxygen atoms in total. The van der Waals surface area contributed by atoms with Crippen LogP contribution in [0.4, 0.5) is 0 Å². The van der Waals surface area contributed by atoms with Crippen molar-refractivity contribution in [1.82, 2.24) is 9.80 Å². The molecule has 0 bridgehead atoms. The van der Waals surface area contributed by atoms with Crippen LogP contribution in [0, 0.1) is 5.92 Å². The van der Waals surface area contributed by atoms with E-state index in [0.717, 1.165) is 58.0 Å². The summed E-state index contributed by atoms with van der Waals surface area (Å²) < 4.78 is 5.07. The van der Waals surface area contributed by atoms with Crippen molar-refractivity contribution in [2.24, 2.45) is 5.92 Å². The Balaban J connectivity index is 1.85. The SMILES string of the molecule is CN1CCCCCCN(C(=O)c2ccoc2)C2CCCC2C1=O. The molecule has 5 heteroatoms. The number of fused-ring (bicyclic) bond motifs is 1. The highest BCUT2D eigenvalue weighted by Crippen LogP contribution is 2.33. The van der Waals surface area contributed by atoms with Gasteiger partial charge < -0.3 is 14.2 Å². The molecule has 1 aliphatic heterocycles. The molecule has 0 radical (unpaired) electrons. The van der Waals surface area contributed by atoms with E-state index in [1.807, 2.05) is 16.8 Å². The Hall–Kier alpha value is -1.78. The van der Waals surface area contributed by atoms with Gasteiger partial charge in [-0.15, -0.1) is 0 Å². The number of furan rings is 1. The van der Waals surface area contributed by atoms with Gasteiger partial charge in [0.15, 0.2) is 0 Å². The van der Waals surface area contributed by atoms with E-state index in [9.17, 15) is 9.59 Å².